The van der Waals surface area contributed by atoms with Crippen molar-refractivity contribution in [3.05, 3.63) is 28.2 Å². The smallest absolute Gasteiger partial charge is 0.277 e. The fraction of sp³-hybridized carbons (Fsp3) is 0.500. The van der Waals surface area contributed by atoms with Crippen LogP contribution in [0.3, 0.4) is 0 Å². The Morgan fingerprint density at radius 3 is 2.33 bits per heavy atom. The maximum absolute atomic E-state index is 12.4. The fourth-order valence-electron chi connectivity index (χ4n) is 2.34. The van der Waals surface area contributed by atoms with Crippen LogP contribution < -0.4 is 15.5 Å². The van der Waals surface area contributed by atoms with Gasteiger partial charge in [0, 0.05) is 18.8 Å². The van der Waals surface area contributed by atoms with Crippen LogP contribution in [0.15, 0.2) is 18.2 Å². The van der Waals surface area contributed by atoms with Crippen LogP contribution in [0.5, 0.6) is 0 Å². The van der Waals surface area contributed by atoms with Crippen molar-refractivity contribution in [2.45, 2.75) is 26.8 Å². The van der Waals surface area contributed by atoms with Crippen LogP contribution in [-0.2, 0) is 14.4 Å². The van der Waals surface area contributed by atoms with Crippen LogP contribution in [0.25, 0.3) is 0 Å². The van der Waals surface area contributed by atoms with E-state index in [1.807, 2.05) is 20.8 Å². The Morgan fingerprint density at radius 2 is 1.78 bits per heavy atom. The number of benzene rings is 1. The van der Waals surface area contributed by atoms with E-state index in [1.54, 1.807) is 25.2 Å². The molecule has 0 fully saturated rings. The number of carbonyl (C=O) groups is 3. The van der Waals surface area contributed by atoms with Gasteiger partial charge in [0.1, 0.15) is 0 Å². The third kappa shape index (κ3) is 8.60. The van der Waals surface area contributed by atoms with Crippen LogP contribution in [0.4, 0.5) is 5.69 Å². The van der Waals surface area contributed by atoms with Gasteiger partial charge >= 0.3 is 0 Å². The number of nitrogens with zero attached hydrogens (tertiary/aromatic N) is 1. The number of likely N-dealkylation sites (N-methyl/N-ethyl adjacent to an activating group) is 2. The molecule has 0 saturated carbocycles. The third-order valence-corrected chi connectivity index (χ3v) is 4.51. The Balaban J connectivity index is 2.52. The van der Waals surface area contributed by atoms with Gasteiger partial charge in [-0.1, -0.05) is 23.2 Å². The summed E-state index contributed by atoms with van der Waals surface area (Å²) in [5, 5.41) is 6.21. The highest BCUT2D eigenvalue weighted by Gasteiger charge is 2.21. The van der Waals surface area contributed by atoms with Crippen molar-refractivity contribution in [2.75, 3.05) is 38.5 Å². The molecule has 0 saturated heterocycles. The number of hydrogen-bond acceptors (Lipinski definition) is 3. The van der Waals surface area contributed by atoms with Crippen LogP contribution in [0.1, 0.15) is 20.8 Å². The summed E-state index contributed by atoms with van der Waals surface area (Å²) in [7, 11) is 1.55. The van der Waals surface area contributed by atoms with Crippen molar-refractivity contribution in [3.8, 4) is 0 Å². The molecule has 0 aliphatic heterocycles. The van der Waals surface area contributed by atoms with Crippen LogP contribution in [-0.4, -0.2) is 61.9 Å². The lowest BCUT2D eigenvalue weighted by molar-refractivity contribution is -0.882. The summed E-state index contributed by atoms with van der Waals surface area (Å²) < 4.78 is 0. The highest BCUT2D eigenvalue weighted by molar-refractivity contribution is 6.42. The molecule has 9 heteroatoms. The van der Waals surface area contributed by atoms with Crippen LogP contribution in [0.2, 0.25) is 10.0 Å². The summed E-state index contributed by atoms with van der Waals surface area (Å²) in [6.07, 6.45) is 0. The average Bonchev–Trinajstić information content (AvgIpc) is 2.56. The molecule has 0 radical (unpaired) electrons. The predicted octanol–water partition coefficient (Wildman–Crippen LogP) is 0.820. The first-order valence-electron chi connectivity index (χ1n) is 8.74. The quantitative estimate of drug-likeness (QED) is 0.556. The van der Waals surface area contributed by atoms with E-state index in [0.29, 0.717) is 22.3 Å². The van der Waals surface area contributed by atoms with Crippen molar-refractivity contribution < 1.29 is 19.3 Å². The van der Waals surface area contributed by atoms with E-state index in [0.717, 1.165) is 4.90 Å². The van der Waals surface area contributed by atoms with Crippen molar-refractivity contribution in [2.24, 2.45) is 0 Å². The summed E-state index contributed by atoms with van der Waals surface area (Å²) in [4.78, 5) is 38.5. The lowest BCUT2D eigenvalue weighted by Crippen LogP contribution is -3.14. The SMILES string of the molecule is CC[NH+](CC(=O)NC(C)C)CC(=O)N(C)CC(=O)Nc1ccc(Cl)c(Cl)c1. The maximum atomic E-state index is 12.4. The molecule has 1 aromatic rings. The second kappa shape index (κ2) is 11.1. The lowest BCUT2D eigenvalue weighted by atomic mass is 10.3. The van der Waals surface area contributed by atoms with E-state index in [9.17, 15) is 14.4 Å². The van der Waals surface area contributed by atoms with Crippen molar-refractivity contribution in [1.29, 1.82) is 0 Å². The molecule has 0 aliphatic rings. The van der Waals surface area contributed by atoms with Gasteiger partial charge in [0.05, 0.1) is 23.1 Å². The number of anilines is 1. The minimum atomic E-state index is -0.347. The van der Waals surface area contributed by atoms with Gasteiger partial charge < -0.3 is 20.4 Å². The van der Waals surface area contributed by atoms with Gasteiger partial charge in [-0.05, 0) is 39.0 Å². The van der Waals surface area contributed by atoms with Gasteiger partial charge in [-0.2, -0.15) is 0 Å². The molecule has 1 rings (SSSR count). The zero-order chi connectivity index (χ0) is 20.6. The number of amides is 3. The van der Waals surface area contributed by atoms with Crippen LogP contribution >= 0.6 is 23.2 Å². The Kier molecular flexibility index (Phi) is 9.55. The summed E-state index contributed by atoms with van der Waals surface area (Å²) in [5.41, 5.74) is 0.501. The van der Waals surface area contributed by atoms with E-state index < -0.39 is 0 Å². The van der Waals surface area contributed by atoms with Crippen molar-refractivity contribution in [3.63, 3.8) is 0 Å². The first-order valence-corrected chi connectivity index (χ1v) is 9.49. The molecule has 150 valence electrons. The predicted molar refractivity (Wildman–Crippen MR) is 107 cm³/mol. The molecule has 1 atom stereocenters. The van der Waals surface area contributed by atoms with E-state index >= 15 is 0 Å². The zero-order valence-electron chi connectivity index (χ0n) is 16.1. The second-order valence-corrected chi connectivity index (χ2v) is 7.42. The Bertz CT molecular complexity index is 683. The summed E-state index contributed by atoms with van der Waals surface area (Å²) in [6.45, 7) is 6.54. The Hall–Kier alpha value is -1.83. The molecule has 3 amide bonds. The molecular weight excluding hydrogens is 391 g/mol. The molecule has 1 aromatic carbocycles. The molecule has 0 spiro atoms. The van der Waals surface area contributed by atoms with Crippen molar-refractivity contribution in [1.82, 2.24) is 10.2 Å². The van der Waals surface area contributed by atoms with E-state index in [1.165, 1.54) is 4.90 Å². The minimum absolute atomic E-state index is 0.0547. The zero-order valence-corrected chi connectivity index (χ0v) is 17.6. The molecule has 0 heterocycles. The first-order chi connectivity index (χ1) is 12.6. The molecule has 0 aliphatic carbocycles. The molecule has 7 nitrogen and oxygen atoms in total. The molecule has 0 bridgehead atoms. The Labute approximate surface area is 170 Å². The Morgan fingerprint density at radius 1 is 1.11 bits per heavy atom. The average molecular weight is 418 g/mol. The maximum Gasteiger partial charge on any atom is 0.277 e. The molecule has 1 unspecified atom stereocenters. The van der Waals surface area contributed by atoms with Gasteiger partial charge in [0.15, 0.2) is 13.1 Å². The first kappa shape index (κ1) is 23.2. The van der Waals surface area contributed by atoms with E-state index in [2.05, 4.69) is 10.6 Å². The van der Waals surface area contributed by atoms with Gasteiger partial charge in [0.25, 0.3) is 11.8 Å². The second-order valence-electron chi connectivity index (χ2n) is 6.61. The van der Waals surface area contributed by atoms with E-state index in [-0.39, 0.29) is 43.4 Å². The largest absolute Gasteiger partial charge is 0.349 e. The van der Waals surface area contributed by atoms with Crippen molar-refractivity contribution >= 4 is 46.6 Å². The molecular formula is C18H27Cl2N4O3+. The highest BCUT2D eigenvalue weighted by Crippen LogP contribution is 2.24. The third-order valence-electron chi connectivity index (χ3n) is 3.77. The number of quaternary nitrogens is 1. The van der Waals surface area contributed by atoms with Gasteiger partial charge in [-0.15, -0.1) is 0 Å². The number of rotatable bonds is 9. The lowest BCUT2D eigenvalue weighted by Gasteiger charge is -2.21. The normalized spacial score (nSPS) is 11.8. The number of carbonyl (C=O) groups excluding carboxylic acids is 3. The molecule has 0 aromatic heterocycles. The summed E-state index contributed by atoms with van der Waals surface area (Å²) in [5.74, 6) is -0.664. The van der Waals surface area contributed by atoms with Gasteiger partial charge in [-0.3, -0.25) is 14.4 Å². The number of nitrogens with one attached hydrogen (secondary N) is 3. The van der Waals surface area contributed by atoms with Gasteiger partial charge in [-0.25, -0.2) is 0 Å². The van der Waals surface area contributed by atoms with Gasteiger partial charge in [0.2, 0.25) is 5.91 Å². The summed E-state index contributed by atoms with van der Waals surface area (Å²) >= 11 is 11.8. The monoisotopic (exact) mass is 417 g/mol. The minimum Gasteiger partial charge on any atom is -0.349 e. The number of hydrogen-bond donors (Lipinski definition) is 3. The standard InChI is InChI=1S/C18H26Cl2N4O3/c1-5-24(10-17(26)21-12(2)3)11-18(27)23(4)9-16(25)22-13-6-7-14(19)15(20)8-13/h6-8,12H,5,9-11H2,1-4H3,(H,21,26)(H,22,25)/p+1. The molecule has 3 N–H and O–H groups in total. The summed E-state index contributed by atoms with van der Waals surface area (Å²) in [6, 6.07) is 4.81. The number of halogens is 2. The van der Waals surface area contributed by atoms with Crippen LogP contribution in [0, 0.1) is 0 Å². The van der Waals surface area contributed by atoms with E-state index in [4.69, 9.17) is 23.2 Å². The molecule has 27 heavy (non-hydrogen) atoms. The highest BCUT2D eigenvalue weighted by atomic mass is 35.5. The fourth-order valence-corrected chi connectivity index (χ4v) is 2.64. The topological polar surface area (TPSA) is 83.0 Å².